The van der Waals surface area contributed by atoms with Crippen LogP contribution in [0.1, 0.15) is 70.9 Å². The highest BCUT2D eigenvalue weighted by atomic mass is 16.5. The van der Waals surface area contributed by atoms with Crippen molar-refractivity contribution < 1.29 is 4.74 Å². The molecule has 3 heteroatoms. The van der Waals surface area contributed by atoms with Gasteiger partial charge in [-0.05, 0) is 57.2 Å². The third-order valence-corrected chi connectivity index (χ3v) is 4.98. The van der Waals surface area contributed by atoms with Gasteiger partial charge in [0.25, 0.3) is 0 Å². The number of rotatable bonds is 7. The van der Waals surface area contributed by atoms with E-state index in [9.17, 15) is 0 Å². The molecule has 0 bridgehead atoms. The van der Waals surface area contributed by atoms with Crippen LogP contribution in [0, 0.1) is 0 Å². The second-order valence-electron chi connectivity index (χ2n) is 7.47. The maximum atomic E-state index is 5.71. The van der Waals surface area contributed by atoms with Crippen LogP contribution in [0.15, 0.2) is 12.1 Å². The van der Waals surface area contributed by atoms with Gasteiger partial charge in [0.2, 0.25) is 0 Å². The lowest BCUT2D eigenvalue weighted by Crippen LogP contribution is -2.48. The normalized spacial score (nSPS) is 19.6. The van der Waals surface area contributed by atoms with Gasteiger partial charge in [-0.15, -0.1) is 0 Å². The molecule has 3 nitrogen and oxygen atoms in total. The first kappa shape index (κ1) is 18.1. The lowest BCUT2D eigenvalue weighted by molar-refractivity contribution is 0.371. The minimum Gasteiger partial charge on any atom is -0.496 e. The predicted molar refractivity (Wildman–Crippen MR) is 99.7 cm³/mol. The van der Waals surface area contributed by atoms with Gasteiger partial charge < -0.3 is 15.0 Å². The van der Waals surface area contributed by atoms with Crippen LogP contribution in [0.5, 0.6) is 5.75 Å². The van der Waals surface area contributed by atoms with Crippen LogP contribution in [0.3, 0.4) is 0 Å². The standard InChI is InChI=1S/C20H34N2O/c1-7-9-21-14-16-11-17-15(3)13-20(4,5)22(10-8-2)18(17)12-19(16)23-6/h11-12,15,21H,7-10,13-14H2,1-6H3. The van der Waals surface area contributed by atoms with Crippen LogP contribution in [0.4, 0.5) is 5.69 Å². The van der Waals surface area contributed by atoms with Crippen molar-refractivity contribution in [3.05, 3.63) is 23.3 Å². The van der Waals surface area contributed by atoms with E-state index in [2.05, 4.69) is 57.0 Å². The molecular weight excluding hydrogens is 284 g/mol. The van der Waals surface area contributed by atoms with Crippen molar-refractivity contribution in [1.82, 2.24) is 5.32 Å². The molecule has 1 aliphatic heterocycles. The van der Waals surface area contributed by atoms with Crippen molar-refractivity contribution in [3.8, 4) is 5.75 Å². The van der Waals surface area contributed by atoms with E-state index in [1.807, 2.05) is 0 Å². The lowest BCUT2D eigenvalue weighted by atomic mass is 9.79. The smallest absolute Gasteiger partial charge is 0.125 e. The Balaban J connectivity index is 2.42. The Morgan fingerprint density at radius 1 is 1.26 bits per heavy atom. The Labute approximate surface area is 142 Å². The maximum Gasteiger partial charge on any atom is 0.125 e. The zero-order chi connectivity index (χ0) is 17.0. The second-order valence-corrected chi connectivity index (χ2v) is 7.47. The Kier molecular flexibility index (Phi) is 5.96. The van der Waals surface area contributed by atoms with Crippen molar-refractivity contribution in [1.29, 1.82) is 0 Å². The van der Waals surface area contributed by atoms with Gasteiger partial charge in [-0.2, -0.15) is 0 Å². The first-order valence-corrected chi connectivity index (χ1v) is 9.13. The molecule has 0 saturated heterocycles. The van der Waals surface area contributed by atoms with E-state index in [-0.39, 0.29) is 5.54 Å². The molecule has 0 saturated carbocycles. The molecule has 2 rings (SSSR count). The lowest BCUT2D eigenvalue weighted by Gasteiger charge is -2.48. The fraction of sp³-hybridized carbons (Fsp3) is 0.700. The van der Waals surface area contributed by atoms with E-state index in [1.54, 1.807) is 7.11 Å². The third kappa shape index (κ3) is 3.82. The summed E-state index contributed by atoms with van der Waals surface area (Å²) < 4.78 is 5.71. The minimum absolute atomic E-state index is 0.204. The largest absolute Gasteiger partial charge is 0.496 e. The van der Waals surface area contributed by atoms with Gasteiger partial charge in [0.15, 0.2) is 0 Å². The first-order valence-electron chi connectivity index (χ1n) is 9.13. The van der Waals surface area contributed by atoms with Gasteiger partial charge >= 0.3 is 0 Å². The zero-order valence-corrected chi connectivity index (χ0v) is 15.8. The topological polar surface area (TPSA) is 24.5 Å². The van der Waals surface area contributed by atoms with Crippen molar-refractivity contribution >= 4 is 5.69 Å². The van der Waals surface area contributed by atoms with Gasteiger partial charge in [0.05, 0.1) is 7.11 Å². The van der Waals surface area contributed by atoms with Crippen LogP contribution in [0.25, 0.3) is 0 Å². The molecule has 130 valence electrons. The monoisotopic (exact) mass is 318 g/mol. The van der Waals surface area contributed by atoms with Crippen LogP contribution in [-0.2, 0) is 6.54 Å². The summed E-state index contributed by atoms with van der Waals surface area (Å²) in [5.41, 5.74) is 4.33. The minimum atomic E-state index is 0.204. The Morgan fingerprint density at radius 2 is 2.00 bits per heavy atom. The van der Waals surface area contributed by atoms with Crippen LogP contribution in [-0.4, -0.2) is 25.7 Å². The van der Waals surface area contributed by atoms with E-state index < -0.39 is 0 Å². The van der Waals surface area contributed by atoms with Crippen molar-refractivity contribution in [2.75, 3.05) is 25.1 Å². The Morgan fingerprint density at radius 3 is 2.61 bits per heavy atom. The van der Waals surface area contributed by atoms with Gasteiger partial charge in [-0.3, -0.25) is 0 Å². The molecule has 0 aliphatic carbocycles. The Hall–Kier alpha value is -1.22. The molecule has 0 aromatic heterocycles. The van der Waals surface area contributed by atoms with E-state index in [0.717, 1.165) is 31.8 Å². The predicted octanol–water partition coefficient (Wildman–Crippen LogP) is 4.70. The highest BCUT2D eigenvalue weighted by molar-refractivity contribution is 5.64. The molecule has 1 atom stereocenters. The number of nitrogens with zero attached hydrogens (tertiary/aromatic N) is 1. The van der Waals surface area contributed by atoms with E-state index in [4.69, 9.17) is 4.74 Å². The summed E-state index contributed by atoms with van der Waals surface area (Å²) in [6.45, 7) is 14.6. The summed E-state index contributed by atoms with van der Waals surface area (Å²) in [6, 6.07) is 4.64. The molecule has 1 unspecified atom stereocenters. The zero-order valence-electron chi connectivity index (χ0n) is 15.8. The molecule has 0 amide bonds. The molecule has 0 radical (unpaired) electrons. The molecule has 0 fully saturated rings. The van der Waals surface area contributed by atoms with Crippen LogP contribution in [0.2, 0.25) is 0 Å². The summed E-state index contributed by atoms with van der Waals surface area (Å²) in [5, 5.41) is 3.51. The average molecular weight is 319 g/mol. The summed E-state index contributed by atoms with van der Waals surface area (Å²) in [7, 11) is 1.78. The average Bonchev–Trinajstić information content (AvgIpc) is 2.51. The molecule has 1 aromatic rings. The fourth-order valence-corrected chi connectivity index (χ4v) is 3.93. The van der Waals surface area contributed by atoms with Crippen LogP contribution < -0.4 is 15.0 Å². The number of methoxy groups -OCH3 is 1. The molecule has 0 spiro atoms. The molecule has 1 aliphatic rings. The number of benzene rings is 1. The van der Waals surface area contributed by atoms with E-state index in [1.165, 1.54) is 29.7 Å². The van der Waals surface area contributed by atoms with Gasteiger partial charge in [-0.1, -0.05) is 20.8 Å². The number of ether oxygens (including phenoxy) is 1. The van der Waals surface area contributed by atoms with Gasteiger partial charge in [0, 0.05) is 35.9 Å². The second kappa shape index (κ2) is 7.57. The number of anilines is 1. The number of hydrogen-bond acceptors (Lipinski definition) is 3. The van der Waals surface area contributed by atoms with Crippen molar-refractivity contribution in [2.24, 2.45) is 0 Å². The van der Waals surface area contributed by atoms with Crippen molar-refractivity contribution in [2.45, 2.75) is 71.9 Å². The first-order chi connectivity index (χ1) is 10.9. The highest BCUT2D eigenvalue weighted by Crippen LogP contribution is 2.45. The molecule has 1 heterocycles. The summed E-state index contributed by atoms with van der Waals surface area (Å²) in [4.78, 5) is 2.58. The van der Waals surface area contributed by atoms with Gasteiger partial charge in [0.1, 0.15) is 5.75 Å². The van der Waals surface area contributed by atoms with Crippen LogP contribution >= 0.6 is 0 Å². The van der Waals surface area contributed by atoms with Crippen molar-refractivity contribution in [3.63, 3.8) is 0 Å². The molecule has 23 heavy (non-hydrogen) atoms. The maximum absolute atomic E-state index is 5.71. The van der Waals surface area contributed by atoms with Gasteiger partial charge in [-0.25, -0.2) is 0 Å². The Bertz CT molecular complexity index is 525. The third-order valence-electron chi connectivity index (χ3n) is 4.98. The number of hydrogen-bond donors (Lipinski definition) is 1. The van der Waals surface area contributed by atoms with E-state index >= 15 is 0 Å². The fourth-order valence-electron chi connectivity index (χ4n) is 3.93. The number of fused-ring (bicyclic) bond motifs is 1. The molecular formula is C20H34N2O. The number of nitrogens with one attached hydrogen (secondary N) is 1. The van der Waals surface area contributed by atoms with E-state index in [0.29, 0.717) is 5.92 Å². The highest BCUT2D eigenvalue weighted by Gasteiger charge is 2.36. The quantitative estimate of drug-likeness (QED) is 0.738. The summed E-state index contributed by atoms with van der Waals surface area (Å²) in [6.07, 6.45) is 3.52. The molecule has 1 N–H and O–H groups in total. The SMILES string of the molecule is CCCNCc1cc2c(cc1OC)N(CCC)C(C)(C)CC2C. The summed E-state index contributed by atoms with van der Waals surface area (Å²) in [5.74, 6) is 1.60. The molecule has 1 aromatic carbocycles. The summed E-state index contributed by atoms with van der Waals surface area (Å²) >= 11 is 0.